The molecule has 0 bridgehead atoms. The molecule has 3 heteroatoms. The Bertz CT molecular complexity index is 50.9. The molecular formula is C3H9NO2. The topological polar surface area (TPSA) is 38.3 Å². The highest BCUT2D eigenvalue weighted by molar-refractivity contribution is 5.66. The summed E-state index contributed by atoms with van der Waals surface area (Å²) in [5.74, 6) is 0. The van der Waals surface area contributed by atoms with Gasteiger partial charge in [-0.25, -0.2) is 4.79 Å². The van der Waals surface area contributed by atoms with Gasteiger partial charge in [0.05, 0.1) is 7.11 Å². The predicted octanol–water partition coefficient (Wildman–Crippen LogP) is 0.218. The summed E-state index contributed by atoms with van der Waals surface area (Å²) < 4.78 is 4.15. The van der Waals surface area contributed by atoms with E-state index in [4.69, 9.17) is 0 Å². The van der Waals surface area contributed by atoms with Crippen molar-refractivity contribution in [2.45, 2.75) is 0 Å². The zero-order valence-corrected chi connectivity index (χ0v) is 3.82. The molecule has 0 spiro atoms. The summed E-state index contributed by atoms with van der Waals surface area (Å²) in [6.45, 7) is 0. The molecule has 0 atom stereocenters. The van der Waals surface area contributed by atoms with Crippen molar-refractivity contribution < 1.29 is 11.0 Å². The molecule has 0 radical (unpaired) electrons. The van der Waals surface area contributed by atoms with Crippen molar-refractivity contribution in [3.05, 3.63) is 0 Å². The van der Waals surface area contributed by atoms with Gasteiger partial charge in [0.25, 0.3) is 0 Å². The van der Waals surface area contributed by atoms with E-state index in [1.165, 1.54) is 14.2 Å². The Morgan fingerprint density at radius 3 is 2.50 bits per heavy atom. The molecule has 0 saturated carbocycles. The van der Waals surface area contributed by atoms with Crippen molar-refractivity contribution in [2.24, 2.45) is 0 Å². The normalized spacial score (nSPS) is 7.00. The maximum atomic E-state index is 9.85. The van der Waals surface area contributed by atoms with Crippen molar-refractivity contribution >= 4 is 6.09 Å². The molecule has 1 amide bonds. The maximum absolute atomic E-state index is 9.85. The maximum Gasteiger partial charge on any atom is 0.406 e. The summed E-state index contributed by atoms with van der Waals surface area (Å²) in [7, 11) is 2.82. The molecule has 0 aromatic rings. The van der Waals surface area contributed by atoms with Crippen LogP contribution in [0.15, 0.2) is 0 Å². The molecule has 0 fully saturated rings. The van der Waals surface area contributed by atoms with Crippen molar-refractivity contribution in [3.8, 4) is 0 Å². The highest BCUT2D eigenvalue weighted by atomic mass is 16.5. The average molecular weight is 91.1 g/mol. The number of amides is 1. The van der Waals surface area contributed by atoms with E-state index in [1.807, 2.05) is 0 Å². The summed E-state index contributed by atoms with van der Waals surface area (Å²) in [6, 6.07) is 0. The monoisotopic (exact) mass is 91.1 g/mol. The van der Waals surface area contributed by atoms with Gasteiger partial charge in [0.2, 0.25) is 0 Å². The minimum atomic E-state index is -0.407. The van der Waals surface area contributed by atoms with Crippen LogP contribution in [-0.2, 0) is 4.74 Å². The lowest BCUT2D eigenvalue weighted by Gasteiger charge is -1.90. The second kappa shape index (κ2) is 2.50. The van der Waals surface area contributed by atoms with Crippen molar-refractivity contribution in [2.75, 3.05) is 14.2 Å². The molecule has 0 rings (SSSR count). The first-order valence-electron chi connectivity index (χ1n) is 1.57. The number of carbonyl (C=O) groups is 1. The summed E-state index contributed by atoms with van der Waals surface area (Å²) in [5.41, 5.74) is 0. The van der Waals surface area contributed by atoms with E-state index in [0.29, 0.717) is 0 Å². The molecule has 38 valence electrons. The number of rotatable bonds is 0. The summed E-state index contributed by atoms with van der Waals surface area (Å²) in [4.78, 5) is 9.85. The summed E-state index contributed by atoms with van der Waals surface area (Å²) >= 11 is 0. The molecule has 0 aliphatic carbocycles. The molecule has 0 saturated heterocycles. The Hall–Kier alpha value is -0.730. The number of ether oxygens (including phenoxy) is 1. The zero-order valence-electron chi connectivity index (χ0n) is 3.82. The van der Waals surface area contributed by atoms with Crippen LogP contribution < -0.4 is 5.32 Å². The van der Waals surface area contributed by atoms with Gasteiger partial charge in [0, 0.05) is 8.47 Å². The molecule has 1 N–H and O–H groups in total. The average Bonchev–Trinajstić information content (AvgIpc) is 1.65. The molecule has 0 aromatic carbocycles. The van der Waals surface area contributed by atoms with Crippen LogP contribution in [-0.4, -0.2) is 20.3 Å². The lowest BCUT2D eigenvalue weighted by Crippen LogP contribution is -2.16. The highest BCUT2D eigenvalue weighted by Crippen LogP contribution is 1.62. The first-order chi connectivity index (χ1) is 2.81. The van der Waals surface area contributed by atoms with E-state index in [2.05, 4.69) is 10.1 Å². The number of hydrogen-bond donors (Lipinski definition) is 1. The Balaban J connectivity index is 0. The third kappa shape index (κ3) is 1.58. The van der Waals surface area contributed by atoms with Gasteiger partial charge in [-0.1, -0.05) is 0 Å². The lowest BCUT2D eigenvalue weighted by molar-refractivity contribution is 0.173. The van der Waals surface area contributed by atoms with Gasteiger partial charge in [-0.05, 0) is 0 Å². The molecule has 0 aromatic heterocycles. The second-order valence-electron chi connectivity index (χ2n) is 0.742. The molecular weight excluding hydrogens is 82.0 g/mol. The van der Waals surface area contributed by atoms with Crippen LogP contribution in [0.1, 0.15) is 1.43 Å². The Kier molecular flexibility index (Phi) is 2.20. The largest absolute Gasteiger partial charge is 0.453 e. The standard InChI is InChI=1S/C3H7NO2.H2/c1-4-3(5)6-2;/h1-2H3,(H,4,5);1H. The van der Waals surface area contributed by atoms with Gasteiger partial charge < -0.3 is 10.1 Å². The quantitative estimate of drug-likeness (QED) is 0.463. The van der Waals surface area contributed by atoms with Crippen LogP contribution in [0, 0.1) is 0 Å². The fourth-order valence-electron chi connectivity index (χ4n) is 0.102. The number of carbonyl (C=O) groups excluding carboxylic acids is 1. The molecule has 0 aliphatic heterocycles. The lowest BCUT2D eigenvalue weighted by atomic mass is 11.1. The van der Waals surface area contributed by atoms with E-state index < -0.39 is 6.09 Å². The van der Waals surface area contributed by atoms with Crippen LogP contribution in [0.3, 0.4) is 0 Å². The van der Waals surface area contributed by atoms with Gasteiger partial charge >= 0.3 is 6.09 Å². The zero-order chi connectivity index (χ0) is 4.99. The van der Waals surface area contributed by atoms with Crippen LogP contribution >= 0.6 is 0 Å². The molecule has 0 aliphatic rings. The summed E-state index contributed by atoms with van der Waals surface area (Å²) in [6.07, 6.45) is -0.407. The molecule has 6 heavy (non-hydrogen) atoms. The Morgan fingerprint density at radius 2 is 2.50 bits per heavy atom. The fourth-order valence-corrected chi connectivity index (χ4v) is 0.102. The SMILES string of the molecule is CNC(=O)OC.[HH]. The van der Waals surface area contributed by atoms with Gasteiger partial charge in [-0.2, -0.15) is 0 Å². The second-order valence-corrected chi connectivity index (χ2v) is 0.742. The molecule has 0 unspecified atom stereocenters. The Morgan fingerprint density at radius 1 is 2.00 bits per heavy atom. The minimum Gasteiger partial charge on any atom is -0.453 e. The fraction of sp³-hybridized carbons (Fsp3) is 0.667. The number of hydrogen-bond acceptors (Lipinski definition) is 2. The van der Waals surface area contributed by atoms with Crippen molar-refractivity contribution in [1.29, 1.82) is 0 Å². The van der Waals surface area contributed by atoms with Gasteiger partial charge in [-0.3, -0.25) is 0 Å². The van der Waals surface area contributed by atoms with E-state index in [9.17, 15) is 4.79 Å². The smallest absolute Gasteiger partial charge is 0.406 e. The van der Waals surface area contributed by atoms with Crippen LogP contribution in [0.2, 0.25) is 0 Å². The third-order valence-corrected chi connectivity index (χ3v) is 0.390. The number of nitrogens with one attached hydrogen (secondary N) is 1. The van der Waals surface area contributed by atoms with Crippen molar-refractivity contribution in [3.63, 3.8) is 0 Å². The highest BCUT2D eigenvalue weighted by Gasteiger charge is 1.85. The Labute approximate surface area is 37.8 Å². The van der Waals surface area contributed by atoms with E-state index >= 15 is 0 Å². The van der Waals surface area contributed by atoms with Gasteiger partial charge in [-0.15, -0.1) is 0 Å². The predicted molar refractivity (Wildman–Crippen MR) is 23.6 cm³/mol. The first-order valence-corrected chi connectivity index (χ1v) is 1.57. The van der Waals surface area contributed by atoms with Gasteiger partial charge in [0.1, 0.15) is 0 Å². The van der Waals surface area contributed by atoms with Crippen LogP contribution in [0.4, 0.5) is 4.79 Å². The van der Waals surface area contributed by atoms with Crippen LogP contribution in [0.25, 0.3) is 0 Å². The first kappa shape index (κ1) is 5.27. The van der Waals surface area contributed by atoms with Gasteiger partial charge in [0.15, 0.2) is 0 Å². The number of methoxy groups -OCH3 is 1. The summed E-state index contributed by atoms with van der Waals surface area (Å²) in [5, 5.41) is 2.25. The third-order valence-electron chi connectivity index (χ3n) is 0.390. The van der Waals surface area contributed by atoms with E-state index in [1.54, 1.807) is 0 Å². The number of alkyl carbamates (subject to hydrolysis) is 1. The van der Waals surface area contributed by atoms with Crippen molar-refractivity contribution in [1.82, 2.24) is 5.32 Å². The van der Waals surface area contributed by atoms with Crippen LogP contribution in [0.5, 0.6) is 0 Å². The van der Waals surface area contributed by atoms with E-state index in [-0.39, 0.29) is 1.43 Å². The minimum absolute atomic E-state index is 0. The molecule has 0 heterocycles. The van der Waals surface area contributed by atoms with E-state index in [0.717, 1.165) is 0 Å². The molecule has 3 nitrogen and oxygen atoms in total.